The van der Waals surface area contributed by atoms with Crippen molar-refractivity contribution < 1.29 is 14.7 Å². The number of halogens is 1. The predicted molar refractivity (Wildman–Crippen MR) is 78.2 cm³/mol. The number of aryl methyl sites for hydroxylation is 1. The van der Waals surface area contributed by atoms with E-state index < -0.39 is 17.4 Å². The molecule has 6 nitrogen and oxygen atoms in total. The van der Waals surface area contributed by atoms with Gasteiger partial charge in [-0.25, -0.2) is 4.79 Å². The van der Waals surface area contributed by atoms with Crippen LogP contribution in [0.2, 0.25) is 5.02 Å². The minimum atomic E-state index is -1.17. The fourth-order valence-corrected chi connectivity index (χ4v) is 1.97. The van der Waals surface area contributed by atoms with Crippen molar-refractivity contribution in [3.63, 3.8) is 0 Å². The van der Waals surface area contributed by atoms with E-state index >= 15 is 0 Å². The monoisotopic (exact) mass is 306 g/mol. The number of H-pyrrole nitrogens is 1. The fraction of sp³-hybridized carbons (Fsp3) is 0.0714. The molecular weight excluding hydrogens is 296 g/mol. The highest BCUT2D eigenvalue weighted by atomic mass is 35.5. The first kappa shape index (κ1) is 14.8. The van der Waals surface area contributed by atoms with E-state index in [2.05, 4.69) is 10.3 Å². The molecule has 0 aliphatic carbocycles. The molecule has 0 radical (unpaired) electrons. The number of benzene rings is 1. The van der Waals surface area contributed by atoms with Gasteiger partial charge in [0, 0.05) is 16.4 Å². The zero-order chi connectivity index (χ0) is 15.6. The van der Waals surface area contributed by atoms with Gasteiger partial charge in [0.05, 0.1) is 5.56 Å². The Balaban J connectivity index is 2.31. The molecule has 1 aromatic heterocycles. The summed E-state index contributed by atoms with van der Waals surface area (Å²) in [6, 6.07) is 6.91. The van der Waals surface area contributed by atoms with Crippen LogP contribution in [0.4, 0.5) is 5.69 Å². The van der Waals surface area contributed by atoms with Crippen molar-refractivity contribution in [2.45, 2.75) is 6.92 Å². The molecule has 1 heterocycles. The third kappa shape index (κ3) is 3.49. The summed E-state index contributed by atoms with van der Waals surface area (Å²) in [5.74, 6) is -1.81. The van der Waals surface area contributed by atoms with Crippen molar-refractivity contribution in [3.05, 3.63) is 62.5 Å². The molecule has 0 fully saturated rings. The fourth-order valence-electron chi connectivity index (χ4n) is 1.73. The standard InChI is InChI=1S/C14H11ClN2O4/c1-7-2-3-11(12(18)16-7)13(19)17-10-5-8(14(20)21)4-9(15)6-10/h2-6H,1H3,(H,16,18)(H,17,19)(H,20,21). The van der Waals surface area contributed by atoms with Gasteiger partial charge in [-0.05, 0) is 37.3 Å². The zero-order valence-electron chi connectivity index (χ0n) is 10.9. The van der Waals surface area contributed by atoms with E-state index in [0.717, 1.165) is 0 Å². The summed E-state index contributed by atoms with van der Waals surface area (Å²) in [5.41, 5.74) is 0.179. The molecule has 2 aromatic rings. The second kappa shape index (κ2) is 5.80. The number of aromatic nitrogens is 1. The lowest BCUT2D eigenvalue weighted by Crippen LogP contribution is -2.23. The maximum Gasteiger partial charge on any atom is 0.335 e. The number of carboxylic acid groups (broad SMARTS) is 1. The Bertz CT molecular complexity index is 783. The number of carboxylic acids is 1. The van der Waals surface area contributed by atoms with Gasteiger partial charge in [0.25, 0.3) is 11.5 Å². The zero-order valence-corrected chi connectivity index (χ0v) is 11.7. The molecule has 3 N–H and O–H groups in total. The van der Waals surface area contributed by atoms with Gasteiger partial charge in [0.1, 0.15) is 5.56 Å². The highest BCUT2D eigenvalue weighted by Gasteiger charge is 2.13. The van der Waals surface area contributed by atoms with Crippen molar-refractivity contribution in [1.82, 2.24) is 4.98 Å². The minimum absolute atomic E-state index is 0.0596. The first-order chi connectivity index (χ1) is 9.86. The van der Waals surface area contributed by atoms with Gasteiger partial charge in [-0.2, -0.15) is 0 Å². The van der Waals surface area contributed by atoms with E-state index in [-0.39, 0.29) is 21.8 Å². The third-order valence-electron chi connectivity index (χ3n) is 2.70. The molecule has 0 atom stereocenters. The largest absolute Gasteiger partial charge is 0.478 e. The predicted octanol–water partition coefficient (Wildman–Crippen LogP) is 2.29. The summed E-state index contributed by atoms with van der Waals surface area (Å²) >= 11 is 5.79. The molecular formula is C14H11ClN2O4. The van der Waals surface area contributed by atoms with Crippen molar-refractivity contribution in [2.75, 3.05) is 5.32 Å². The maximum atomic E-state index is 12.0. The number of carbonyl (C=O) groups is 2. The van der Waals surface area contributed by atoms with Crippen LogP contribution in [0.1, 0.15) is 26.4 Å². The van der Waals surface area contributed by atoms with Crippen LogP contribution in [0.3, 0.4) is 0 Å². The summed E-state index contributed by atoms with van der Waals surface area (Å²) in [4.78, 5) is 37.1. The van der Waals surface area contributed by atoms with Gasteiger partial charge < -0.3 is 15.4 Å². The second-order valence-corrected chi connectivity index (χ2v) is 4.81. The van der Waals surface area contributed by atoms with Crippen molar-refractivity contribution in [1.29, 1.82) is 0 Å². The molecule has 1 amide bonds. The topological polar surface area (TPSA) is 99.3 Å². The Labute approximate surface area is 124 Å². The average molecular weight is 307 g/mol. The van der Waals surface area contributed by atoms with E-state index in [1.54, 1.807) is 13.0 Å². The number of rotatable bonds is 3. The normalized spacial score (nSPS) is 10.2. The average Bonchev–Trinajstić information content (AvgIpc) is 2.37. The Morgan fingerprint density at radius 3 is 2.57 bits per heavy atom. The van der Waals surface area contributed by atoms with Crippen LogP contribution in [0.25, 0.3) is 0 Å². The lowest BCUT2D eigenvalue weighted by atomic mass is 10.2. The number of aromatic carboxylic acids is 1. The number of hydrogen-bond acceptors (Lipinski definition) is 3. The summed E-state index contributed by atoms with van der Waals surface area (Å²) in [7, 11) is 0. The SMILES string of the molecule is Cc1ccc(C(=O)Nc2cc(Cl)cc(C(=O)O)c2)c(=O)[nH]1. The molecule has 1 aromatic carbocycles. The van der Waals surface area contributed by atoms with Crippen LogP contribution in [0.15, 0.2) is 35.1 Å². The van der Waals surface area contributed by atoms with Crippen LogP contribution >= 0.6 is 11.6 Å². The van der Waals surface area contributed by atoms with Crippen molar-refractivity contribution in [2.24, 2.45) is 0 Å². The van der Waals surface area contributed by atoms with Crippen molar-refractivity contribution in [3.8, 4) is 0 Å². The number of anilines is 1. The van der Waals surface area contributed by atoms with Crippen LogP contribution in [-0.2, 0) is 0 Å². The molecule has 0 spiro atoms. The number of nitrogens with one attached hydrogen (secondary N) is 2. The van der Waals surface area contributed by atoms with Crippen LogP contribution in [0, 0.1) is 6.92 Å². The number of pyridine rings is 1. The molecule has 0 aliphatic heterocycles. The third-order valence-corrected chi connectivity index (χ3v) is 2.92. The van der Waals surface area contributed by atoms with Gasteiger partial charge in [-0.3, -0.25) is 9.59 Å². The second-order valence-electron chi connectivity index (χ2n) is 4.37. The van der Waals surface area contributed by atoms with Crippen LogP contribution < -0.4 is 10.9 Å². The van der Waals surface area contributed by atoms with Gasteiger partial charge in [0.15, 0.2) is 0 Å². The van der Waals surface area contributed by atoms with Crippen LogP contribution in [0.5, 0.6) is 0 Å². The Kier molecular flexibility index (Phi) is 4.09. The molecule has 108 valence electrons. The molecule has 0 saturated heterocycles. The lowest BCUT2D eigenvalue weighted by molar-refractivity contribution is 0.0696. The minimum Gasteiger partial charge on any atom is -0.478 e. The Hall–Kier alpha value is -2.60. The van der Waals surface area contributed by atoms with Gasteiger partial charge in [0.2, 0.25) is 0 Å². The highest BCUT2D eigenvalue weighted by molar-refractivity contribution is 6.31. The molecule has 0 saturated carbocycles. The van der Waals surface area contributed by atoms with Crippen LogP contribution in [-0.4, -0.2) is 22.0 Å². The first-order valence-electron chi connectivity index (χ1n) is 5.92. The van der Waals surface area contributed by atoms with Gasteiger partial charge >= 0.3 is 5.97 Å². The smallest absolute Gasteiger partial charge is 0.335 e. The quantitative estimate of drug-likeness (QED) is 0.810. The van der Waals surface area contributed by atoms with Gasteiger partial charge in [-0.15, -0.1) is 0 Å². The number of carbonyl (C=O) groups excluding carboxylic acids is 1. The maximum absolute atomic E-state index is 12.0. The molecule has 0 unspecified atom stereocenters. The first-order valence-corrected chi connectivity index (χ1v) is 6.30. The Morgan fingerprint density at radius 1 is 1.24 bits per heavy atom. The number of amides is 1. The van der Waals surface area contributed by atoms with E-state index in [4.69, 9.17) is 16.7 Å². The molecule has 0 aliphatic rings. The van der Waals surface area contributed by atoms with E-state index in [1.807, 2.05) is 0 Å². The number of hydrogen-bond donors (Lipinski definition) is 3. The molecule has 7 heteroatoms. The lowest BCUT2D eigenvalue weighted by Gasteiger charge is -2.07. The van der Waals surface area contributed by atoms with E-state index in [1.165, 1.54) is 24.3 Å². The number of aromatic amines is 1. The summed E-state index contributed by atoms with van der Waals surface area (Å²) in [6.07, 6.45) is 0. The highest BCUT2D eigenvalue weighted by Crippen LogP contribution is 2.19. The van der Waals surface area contributed by atoms with E-state index in [0.29, 0.717) is 5.69 Å². The summed E-state index contributed by atoms with van der Waals surface area (Å²) < 4.78 is 0. The molecule has 21 heavy (non-hydrogen) atoms. The van der Waals surface area contributed by atoms with Gasteiger partial charge in [-0.1, -0.05) is 11.6 Å². The molecule has 0 bridgehead atoms. The summed E-state index contributed by atoms with van der Waals surface area (Å²) in [5, 5.41) is 11.6. The van der Waals surface area contributed by atoms with E-state index in [9.17, 15) is 14.4 Å². The molecule has 2 rings (SSSR count). The Morgan fingerprint density at radius 2 is 1.95 bits per heavy atom. The summed E-state index contributed by atoms with van der Waals surface area (Å²) in [6.45, 7) is 1.69. The van der Waals surface area contributed by atoms with Crippen molar-refractivity contribution >= 4 is 29.2 Å².